The summed E-state index contributed by atoms with van der Waals surface area (Å²) in [6, 6.07) is 5.33. The van der Waals surface area contributed by atoms with Crippen LogP contribution < -0.4 is 4.90 Å². The number of hydrogen-bond donors (Lipinski definition) is 1. The van der Waals surface area contributed by atoms with Crippen LogP contribution in [0.25, 0.3) is 0 Å². The number of rotatable bonds is 3. The maximum absolute atomic E-state index is 12.5. The minimum Gasteiger partial charge on any atom is -0.395 e. The zero-order chi connectivity index (χ0) is 14.6. The molecule has 2 rings (SSSR count). The molecular formula is C14H19F3N2O. The first-order valence-electron chi connectivity index (χ1n) is 6.76. The highest BCUT2D eigenvalue weighted by Crippen LogP contribution is 2.30. The van der Waals surface area contributed by atoms with Gasteiger partial charge < -0.3 is 10.0 Å². The molecule has 1 aliphatic rings. The number of nitrogens with zero attached hydrogens (tertiary/aromatic N) is 2. The van der Waals surface area contributed by atoms with Gasteiger partial charge in [-0.25, -0.2) is 0 Å². The number of anilines is 1. The van der Waals surface area contributed by atoms with E-state index in [0.717, 1.165) is 50.4 Å². The predicted octanol–water partition coefficient (Wildman–Crippen LogP) is 2.21. The zero-order valence-electron chi connectivity index (χ0n) is 11.2. The normalized spacial score (nSPS) is 18.1. The molecular weight excluding hydrogens is 269 g/mol. The van der Waals surface area contributed by atoms with Crippen LogP contribution in [0.15, 0.2) is 24.3 Å². The number of aliphatic hydroxyl groups excluding tert-OH is 1. The largest absolute Gasteiger partial charge is 0.416 e. The van der Waals surface area contributed by atoms with Crippen LogP contribution in [0, 0.1) is 0 Å². The molecule has 0 radical (unpaired) electrons. The quantitative estimate of drug-likeness (QED) is 0.924. The van der Waals surface area contributed by atoms with Gasteiger partial charge in [-0.3, -0.25) is 4.90 Å². The first kappa shape index (κ1) is 15.1. The van der Waals surface area contributed by atoms with Crippen molar-refractivity contribution in [2.24, 2.45) is 0 Å². The monoisotopic (exact) mass is 288 g/mol. The van der Waals surface area contributed by atoms with E-state index >= 15 is 0 Å². The number of benzene rings is 1. The minimum atomic E-state index is -4.28. The van der Waals surface area contributed by atoms with Crippen molar-refractivity contribution in [2.75, 3.05) is 44.2 Å². The van der Waals surface area contributed by atoms with E-state index in [1.54, 1.807) is 0 Å². The van der Waals surface area contributed by atoms with Gasteiger partial charge in [-0.2, -0.15) is 13.2 Å². The van der Waals surface area contributed by atoms with Gasteiger partial charge in [0.2, 0.25) is 0 Å². The van der Waals surface area contributed by atoms with E-state index in [-0.39, 0.29) is 6.61 Å². The van der Waals surface area contributed by atoms with E-state index in [4.69, 9.17) is 5.11 Å². The maximum Gasteiger partial charge on any atom is 0.416 e. The molecule has 0 aromatic heterocycles. The highest BCUT2D eigenvalue weighted by atomic mass is 19.4. The molecule has 1 saturated heterocycles. The Labute approximate surface area is 116 Å². The smallest absolute Gasteiger partial charge is 0.395 e. The fourth-order valence-electron chi connectivity index (χ4n) is 2.46. The van der Waals surface area contributed by atoms with Crippen molar-refractivity contribution in [3.8, 4) is 0 Å². The van der Waals surface area contributed by atoms with Crippen LogP contribution in [0.3, 0.4) is 0 Å². The van der Waals surface area contributed by atoms with Crippen molar-refractivity contribution >= 4 is 5.69 Å². The number of aliphatic hydroxyl groups is 1. The topological polar surface area (TPSA) is 26.7 Å². The molecule has 6 heteroatoms. The lowest BCUT2D eigenvalue weighted by Crippen LogP contribution is -2.32. The molecule has 1 aromatic carbocycles. The lowest BCUT2D eigenvalue weighted by molar-refractivity contribution is -0.137. The molecule has 0 aliphatic carbocycles. The summed E-state index contributed by atoms with van der Waals surface area (Å²) < 4.78 is 37.6. The molecule has 0 bridgehead atoms. The van der Waals surface area contributed by atoms with Gasteiger partial charge >= 0.3 is 6.18 Å². The second-order valence-corrected chi connectivity index (χ2v) is 4.95. The van der Waals surface area contributed by atoms with E-state index < -0.39 is 11.7 Å². The number of β-amino-alcohol motifs (C(OH)–C–C–N with tert-alkyl or cyclic N) is 1. The molecule has 1 N–H and O–H groups in total. The minimum absolute atomic E-state index is 0.139. The summed E-state index contributed by atoms with van der Waals surface area (Å²) in [4.78, 5) is 4.27. The standard InChI is InChI=1S/C14H19F3N2O/c15-14(16,17)12-2-4-13(5-3-12)19-7-1-6-18(8-9-19)10-11-20/h2-5,20H,1,6-11H2. The molecule has 0 saturated carbocycles. The van der Waals surface area contributed by atoms with Gasteiger partial charge in [0.1, 0.15) is 0 Å². The third kappa shape index (κ3) is 3.86. The van der Waals surface area contributed by atoms with E-state index in [9.17, 15) is 13.2 Å². The van der Waals surface area contributed by atoms with E-state index in [0.29, 0.717) is 6.54 Å². The van der Waals surface area contributed by atoms with Crippen LogP contribution in [0.2, 0.25) is 0 Å². The highest BCUT2D eigenvalue weighted by Gasteiger charge is 2.30. The van der Waals surface area contributed by atoms with Gasteiger partial charge in [0.05, 0.1) is 12.2 Å². The Morgan fingerprint density at radius 3 is 2.30 bits per heavy atom. The second-order valence-electron chi connectivity index (χ2n) is 4.95. The van der Waals surface area contributed by atoms with Crippen molar-refractivity contribution in [2.45, 2.75) is 12.6 Å². The number of hydrogen-bond acceptors (Lipinski definition) is 3. The van der Waals surface area contributed by atoms with Crippen molar-refractivity contribution < 1.29 is 18.3 Å². The van der Waals surface area contributed by atoms with Crippen LogP contribution in [-0.2, 0) is 6.18 Å². The summed E-state index contributed by atoms with van der Waals surface area (Å²) in [5.41, 5.74) is 0.210. The Bertz CT molecular complexity index is 419. The zero-order valence-corrected chi connectivity index (χ0v) is 11.2. The van der Waals surface area contributed by atoms with Crippen LogP contribution in [0.1, 0.15) is 12.0 Å². The Morgan fingerprint density at radius 1 is 1.00 bits per heavy atom. The molecule has 0 atom stereocenters. The summed E-state index contributed by atoms with van der Waals surface area (Å²) in [6.45, 7) is 4.12. The number of halogens is 3. The fraction of sp³-hybridized carbons (Fsp3) is 0.571. The average Bonchev–Trinajstić information content (AvgIpc) is 2.64. The van der Waals surface area contributed by atoms with Gasteiger partial charge in [0, 0.05) is 31.9 Å². The molecule has 1 fully saturated rings. The molecule has 112 valence electrons. The van der Waals surface area contributed by atoms with Gasteiger partial charge in [0.25, 0.3) is 0 Å². The Hall–Kier alpha value is -1.27. The van der Waals surface area contributed by atoms with Gasteiger partial charge in [-0.1, -0.05) is 0 Å². The Balaban J connectivity index is 2.01. The van der Waals surface area contributed by atoms with E-state index in [2.05, 4.69) is 9.80 Å². The van der Waals surface area contributed by atoms with Crippen LogP contribution in [0.4, 0.5) is 18.9 Å². The lowest BCUT2D eigenvalue weighted by atomic mass is 10.2. The molecule has 0 amide bonds. The Kier molecular flexibility index (Phi) is 4.88. The molecule has 1 aromatic rings. The van der Waals surface area contributed by atoms with Crippen LogP contribution >= 0.6 is 0 Å². The molecule has 1 aliphatic heterocycles. The first-order chi connectivity index (χ1) is 9.50. The maximum atomic E-state index is 12.5. The van der Waals surface area contributed by atoms with Gasteiger partial charge in [-0.15, -0.1) is 0 Å². The average molecular weight is 288 g/mol. The van der Waals surface area contributed by atoms with Gasteiger partial charge in [0.15, 0.2) is 0 Å². The van der Waals surface area contributed by atoms with Crippen molar-refractivity contribution in [3.05, 3.63) is 29.8 Å². The van der Waals surface area contributed by atoms with E-state index in [1.165, 1.54) is 12.1 Å². The Morgan fingerprint density at radius 2 is 1.70 bits per heavy atom. The first-order valence-corrected chi connectivity index (χ1v) is 6.76. The summed E-state index contributed by atoms with van der Waals surface area (Å²) in [5.74, 6) is 0. The van der Waals surface area contributed by atoms with Crippen molar-refractivity contribution in [1.82, 2.24) is 4.90 Å². The third-order valence-corrected chi connectivity index (χ3v) is 3.56. The van der Waals surface area contributed by atoms with E-state index in [1.807, 2.05) is 0 Å². The fourth-order valence-corrected chi connectivity index (χ4v) is 2.46. The van der Waals surface area contributed by atoms with Crippen LogP contribution in [0.5, 0.6) is 0 Å². The van der Waals surface area contributed by atoms with Gasteiger partial charge in [-0.05, 0) is 37.2 Å². The molecule has 3 nitrogen and oxygen atoms in total. The summed E-state index contributed by atoms with van der Waals surface area (Å²) >= 11 is 0. The molecule has 20 heavy (non-hydrogen) atoms. The second kappa shape index (κ2) is 6.45. The summed E-state index contributed by atoms with van der Waals surface area (Å²) in [5, 5.41) is 8.94. The molecule has 1 heterocycles. The van der Waals surface area contributed by atoms with Crippen molar-refractivity contribution in [3.63, 3.8) is 0 Å². The summed E-state index contributed by atoms with van der Waals surface area (Å²) in [7, 11) is 0. The predicted molar refractivity (Wildman–Crippen MR) is 71.8 cm³/mol. The lowest BCUT2D eigenvalue weighted by Gasteiger charge is -2.23. The molecule has 0 unspecified atom stereocenters. The van der Waals surface area contributed by atoms with Crippen molar-refractivity contribution in [1.29, 1.82) is 0 Å². The van der Waals surface area contributed by atoms with Crippen LogP contribution in [-0.4, -0.2) is 49.3 Å². The SMILES string of the molecule is OCCN1CCCN(c2ccc(C(F)(F)F)cc2)CC1. The molecule has 0 spiro atoms. The third-order valence-electron chi connectivity index (χ3n) is 3.56. The highest BCUT2D eigenvalue weighted by molar-refractivity contribution is 5.48. The number of alkyl halides is 3. The summed E-state index contributed by atoms with van der Waals surface area (Å²) in [6.07, 6.45) is -3.34.